The second-order valence-electron chi connectivity index (χ2n) is 6.61. The van der Waals surface area contributed by atoms with Crippen molar-refractivity contribution < 1.29 is 4.79 Å². The highest BCUT2D eigenvalue weighted by Gasteiger charge is 2.24. The molecule has 27 heavy (non-hydrogen) atoms. The summed E-state index contributed by atoms with van der Waals surface area (Å²) in [5, 5.41) is 8.77. The number of amides is 1. The molecule has 0 radical (unpaired) electrons. The van der Waals surface area contributed by atoms with E-state index in [4.69, 9.17) is 0 Å². The molecule has 0 spiro atoms. The van der Waals surface area contributed by atoms with Crippen LogP contribution in [0, 0.1) is 0 Å². The van der Waals surface area contributed by atoms with Gasteiger partial charge in [-0.3, -0.25) is 4.79 Å². The first kappa shape index (κ1) is 17.7. The van der Waals surface area contributed by atoms with Gasteiger partial charge >= 0.3 is 0 Å². The van der Waals surface area contributed by atoms with Crippen LogP contribution in [0.1, 0.15) is 36.2 Å². The highest BCUT2D eigenvalue weighted by molar-refractivity contribution is 7.99. The molecule has 1 N–H and O–H groups in total. The van der Waals surface area contributed by atoms with Gasteiger partial charge in [-0.25, -0.2) is 19.6 Å². The summed E-state index contributed by atoms with van der Waals surface area (Å²) in [7, 11) is 2.02. The van der Waals surface area contributed by atoms with Crippen molar-refractivity contribution in [1.82, 2.24) is 34.6 Å². The fraction of sp³-hybridized carbons (Fsp3) is 0.389. The van der Waals surface area contributed by atoms with E-state index in [2.05, 4.69) is 25.4 Å². The molecule has 8 nitrogen and oxygen atoms in total. The zero-order valence-electron chi connectivity index (χ0n) is 15.0. The summed E-state index contributed by atoms with van der Waals surface area (Å²) in [4.78, 5) is 25.3. The van der Waals surface area contributed by atoms with Crippen molar-refractivity contribution in [2.45, 2.75) is 42.1 Å². The molecule has 0 saturated heterocycles. The topological polar surface area (TPSA) is 90.5 Å². The zero-order valence-corrected chi connectivity index (χ0v) is 15.8. The quantitative estimate of drug-likeness (QED) is 0.727. The number of carbonyl (C=O) groups excluding carboxylic acids is 1. The molecular weight excluding hydrogens is 362 g/mol. The van der Waals surface area contributed by atoms with E-state index in [-0.39, 0.29) is 11.9 Å². The Morgan fingerprint density at radius 2 is 2.11 bits per heavy atom. The van der Waals surface area contributed by atoms with Gasteiger partial charge in [0.25, 0.3) is 5.91 Å². The summed E-state index contributed by atoms with van der Waals surface area (Å²) in [5.74, 6) is 0.437. The Morgan fingerprint density at radius 1 is 1.26 bits per heavy atom. The monoisotopic (exact) mass is 383 g/mol. The number of rotatable bonds is 5. The Balaban J connectivity index is 1.32. The van der Waals surface area contributed by atoms with Crippen LogP contribution in [0.2, 0.25) is 0 Å². The third-order valence-electron chi connectivity index (χ3n) is 4.68. The van der Waals surface area contributed by atoms with Crippen LogP contribution in [0.5, 0.6) is 0 Å². The molecule has 1 saturated carbocycles. The maximum Gasteiger partial charge on any atom is 0.270 e. The van der Waals surface area contributed by atoms with Crippen molar-refractivity contribution in [3.8, 4) is 5.82 Å². The first-order chi connectivity index (χ1) is 13.2. The summed E-state index contributed by atoms with van der Waals surface area (Å²) in [6, 6.07) is 5.51. The number of aromatic nitrogens is 6. The van der Waals surface area contributed by atoms with E-state index < -0.39 is 0 Å². The predicted molar refractivity (Wildman–Crippen MR) is 102 cm³/mol. The van der Waals surface area contributed by atoms with Gasteiger partial charge in [-0.15, -0.1) is 0 Å². The van der Waals surface area contributed by atoms with Gasteiger partial charge < -0.3 is 9.88 Å². The van der Waals surface area contributed by atoms with Crippen LogP contribution in [0.3, 0.4) is 0 Å². The molecule has 0 atom stereocenters. The predicted octanol–water partition coefficient (Wildman–Crippen LogP) is 2.23. The van der Waals surface area contributed by atoms with Crippen molar-refractivity contribution in [1.29, 1.82) is 0 Å². The van der Waals surface area contributed by atoms with Crippen LogP contribution in [-0.2, 0) is 7.05 Å². The molecule has 3 aromatic rings. The first-order valence-corrected chi connectivity index (χ1v) is 9.84. The van der Waals surface area contributed by atoms with Crippen LogP contribution in [0.25, 0.3) is 5.82 Å². The minimum Gasteiger partial charge on any atom is -0.348 e. The van der Waals surface area contributed by atoms with Crippen molar-refractivity contribution in [2.75, 3.05) is 0 Å². The maximum atomic E-state index is 12.6. The molecule has 0 aliphatic heterocycles. The van der Waals surface area contributed by atoms with E-state index >= 15 is 0 Å². The van der Waals surface area contributed by atoms with E-state index in [1.54, 1.807) is 24.5 Å². The summed E-state index contributed by atoms with van der Waals surface area (Å²) in [6.07, 6.45) is 10.9. The SMILES string of the molecule is Cn1ccnc1SC1CCC(NC(=O)c2cccc(-n3cncn3)n2)CC1. The van der Waals surface area contributed by atoms with Crippen LogP contribution >= 0.6 is 11.8 Å². The second kappa shape index (κ2) is 7.91. The highest BCUT2D eigenvalue weighted by Crippen LogP contribution is 2.32. The van der Waals surface area contributed by atoms with Crippen LogP contribution in [0.4, 0.5) is 0 Å². The van der Waals surface area contributed by atoms with Gasteiger partial charge in [-0.2, -0.15) is 5.10 Å². The van der Waals surface area contributed by atoms with E-state index in [1.807, 2.05) is 35.8 Å². The number of nitrogens with one attached hydrogen (secondary N) is 1. The number of carbonyl (C=O) groups is 1. The zero-order chi connectivity index (χ0) is 18.6. The smallest absolute Gasteiger partial charge is 0.270 e. The lowest BCUT2D eigenvalue weighted by atomic mass is 9.95. The van der Waals surface area contributed by atoms with Gasteiger partial charge in [0.2, 0.25) is 0 Å². The molecule has 1 aliphatic carbocycles. The molecule has 1 fully saturated rings. The lowest BCUT2D eigenvalue weighted by Gasteiger charge is -2.28. The van der Waals surface area contributed by atoms with Gasteiger partial charge in [-0.05, 0) is 37.8 Å². The average Bonchev–Trinajstić information content (AvgIpc) is 3.36. The molecule has 3 heterocycles. The fourth-order valence-corrected chi connectivity index (χ4v) is 4.36. The molecule has 1 amide bonds. The Bertz CT molecular complexity index is 900. The normalized spacial score (nSPS) is 19.7. The Morgan fingerprint density at radius 3 is 2.81 bits per heavy atom. The summed E-state index contributed by atoms with van der Waals surface area (Å²) in [5.41, 5.74) is 0.396. The molecule has 9 heteroatoms. The van der Waals surface area contributed by atoms with Crippen molar-refractivity contribution >= 4 is 17.7 Å². The minimum atomic E-state index is -0.142. The largest absolute Gasteiger partial charge is 0.348 e. The van der Waals surface area contributed by atoms with Crippen molar-refractivity contribution in [3.63, 3.8) is 0 Å². The molecule has 4 rings (SSSR count). The number of hydrogen-bond donors (Lipinski definition) is 1. The first-order valence-electron chi connectivity index (χ1n) is 8.96. The molecule has 3 aromatic heterocycles. The third-order valence-corrected chi connectivity index (χ3v) is 6.09. The number of aryl methyl sites for hydroxylation is 1. The van der Waals surface area contributed by atoms with E-state index in [0.29, 0.717) is 16.8 Å². The van der Waals surface area contributed by atoms with Gasteiger partial charge in [0.05, 0.1) is 0 Å². The summed E-state index contributed by atoms with van der Waals surface area (Å²) in [6.45, 7) is 0. The van der Waals surface area contributed by atoms with Gasteiger partial charge in [0.15, 0.2) is 11.0 Å². The van der Waals surface area contributed by atoms with Crippen molar-refractivity contribution in [2.24, 2.45) is 7.05 Å². The molecular formula is C18H21N7OS. The van der Waals surface area contributed by atoms with Crippen LogP contribution in [-0.4, -0.2) is 46.5 Å². The highest BCUT2D eigenvalue weighted by atomic mass is 32.2. The fourth-order valence-electron chi connectivity index (χ4n) is 3.20. The summed E-state index contributed by atoms with van der Waals surface area (Å²) < 4.78 is 3.59. The Hall–Kier alpha value is -2.68. The molecule has 0 bridgehead atoms. The average molecular weight is 383 g/mol. The maximum absolute atomic E-state index is 12.6. The van der Waals surface area contributed by atoms with Gasteiger partial charge in [0.1, 0.15) is 18.3 Å². The van der Waals surface area contributed by atoms with Crippen LogP contribution < -0.4 is 5.32 Å². The lowest BCUT2D eigenvalue weighted by Crippen LogP contribution is -2.38. The third kappa shape index (κ3) is 4.19. The number of hydrogen-bond acceptors (Lipinski definition) is 6. The number of pyridine rings is 1. The molecule has 140 valence electrons. The van der Waals surface area contributed by atoms with Crippen molar-refractivity contribution in [3.05, 3.63) is 48.9 Å². The Kier molecular flexibility index (Phi) is 5.19. The number of imidazole rings is 1. The minimum absolute atomic E-state index is 0.142. The van der Waals surface area contributed by atoms with Crippen LogP contribution in [0.15, 0.2) is 48.4 Å². The molecule has 1 aliphatic rings. The second-order valence-corrected chi connectivity index (χ2v) is 7.87. The molecule has 0 aromatic carbocycles. The number of nitrogens with zero attached hydrogens (tertiary/aromatic N) is 6. The lowest BCUT2D eigenvalue weighted by molar-refractivity contribution is 0.0923. The summed E-state index contributed by atoms with van der Waals surface area (Å²) >= 11 is 1.83. The van der Waals surface area contributed by atoms with E-state index in [9.17, 15) is 4.79 Å². The van der Waals surface area contributed by atoms with Gasteiger partial charge in [0, 0.05) is 30.7 Å². The Labute approximate surface area is 161 Å². The van der Waals surface area contributed by atoms with E-state index in [1.165, 1.54) is 11.0 Å². The van der Waals surface area contributed by atoms with Gasteiger partial charge in [-0.1, -0.05) is 17.8 Å². The standard InChI is InChI=1S/C18H21N7OS/c1-24-10-9-20-18(24)27-14-7-5-13(6-8-14)22-17(26)15-3-2-4-16(23-15)25-12-19-11-21-25/h2-4,9-14H,5-8H2,1H3,(H,22,26). The number of thioether (sulfide) groups is 1. The van der Waals surface area contributed by atoms with E-state index in [0.717, 1.165) is 30.8 Å². The molecule has 0 unspecified atom stereocenters.